The molecule has 1 atom stereocenters. The summed E-state index contributed by atoms with van der Waals surface area (Å²) >= 11 is 4.91. The summed E-state index contributed by atoms with van der Waals surface area (Å²) in [5.41, 5.74) is 6.42. The summed E-state index contributed by atoms with van der Waals surface area (Å²) in [6.07, 6.45) is 1.21. The fraction of sp³-hybridized carbons (Fsp3) is 0.533. The van der Waals surface area contributed by atoms with Gasteiger partial charge in [0.2, 0.25) is 0 Å². The van der Waals surface area contributed by atoms with Crippen LogP contribution in [0.1, 0.15) is 25.8 Å². The molecule has 0 saturated heterocycles. The normalized spacial score (nSPS) is 12.4. The maximum absolute atomic E-state index is 5.70. The lowest BCUT2D eigenvalue weighted by Gasteiger charge is -2.20. The molecule has 1 aromatic carbocycles. The van der Waals surface area contributed by atoms with E-state index in [0.717, 1.165) is 30.3 Å². The molecule has 0 radical (unpaired) electrons. The first-order chi connectivity index (χ1) is 9.02. The van der Waals surface area contributed by atoms with Crippen LogP contribution in [0.2, 0.25) is 0 Å². The van der Waals surface area contributed by atoms with Gasteiger partial charge in [-0.2, -0.15) is 0 Å². The molecule has 0 aromatic heterocycles. The third kappa shape index (κ3) is 6.03. The van der Waals surface area contributed by atoms with Crippen LogP contribution >= 0.6 is 12.2 Å². The van der Waals surface area contributed by atoms with E-state index < -0.39 is 0 Å². The Hall–Kier alpha value is -1.13. The molecule has 19 heavy (non-hydrogen) atoms. The standard InChI is InChI=1S/C15H24N2OS/c1-4-12(2)11-17(3)9-10-18-14-7-5-13(6-8-14)15(16)19/h5-8,12H,4,9-11H2,1-3H3,(H2,16,19). The van der Waals surface area contributed by atoms with Crippen molar-refractivity contribution >= 4 is 17.2 Å². The molecule has 1 aromatic rings. The molecular formula is C15H24N2OS. The largest absolute Gasteiger partial charge is 0.492 e. The maximum Gasteiger partial charge on any atom is 0.119 e. The van der Waals surface area contributed by atoms with Gasteiger partial charge in [0.15, 0.2) is 0 Å². The summed E-state index contributed by atoms with van der Waals surface area (Å²) < 4.78 is 5.70. The molecule has 0 spiro atoms. The van der Waals surface area contributed by atoms with Crippen molar-refractivity contribution in [3.8, 4) is 5.75 Å². The molecule has 0 bridgehead atoms. The first kappa shape index (κ1) is 15.9. The molecule has 0 aliphatic heterocycles. The molecule has 1 rings (SSSR count). The maximum atomic E-state index is 5.70. The van der Waals surface area contributed by atoms with Gasteiger partial charge in [0.05, 0.1) is 0 Å². The van der Waals surface area contributed by atoms with Gasteiger partial charge in [-0.25, -0.2) is 0 Å². The highest BCUT2D eigenvalue weighted by atomic mass is 32.1. The average molecular weight is 280 g/mol. The molecule has 0 aliphatic rings. The first-order valence-electron chi connectivity index (χ1n) is 6.74. The zero-order chi connectivity index (χ0) is 14.3. The van der Waals surface area contributed by atoms with Crippen molar-refractivity contribution < 1.29 is 4.74 Å². The van der Waals surface area contributed by atoms with Crippen LogP contribution in [0, 0.1) is 5.92 Å². The molecule has 2 N–H and O–H groups in total. The minimum absolute atomic E-state index is 0.417. The van der Waals surface area contributed by atoms with Gasteiger partial charge in [-0.05, 0) is 37.2 Å². The van der Waals surface area contributed by atoms with Gasteiger partial charge in [0.25, 0.3) is 0 Å². The number of hydrogen-bond acceptors (Lipinski definition) is 3. The van der Waals surface area contributed by atoms with Crippen molar-refractivity contribution in [2.24, 2.45) is 11.7 Å². The van der Waals surface area contributed by atoms with Gasteiger partial charge >= 0.3 is 0 Å². The van der Waals surface area contributed by atoms with E-state index in [9.17, 15) is 0 Å². The summed E-state index contributed by atoms with van der Waals surface area (Å²) in [7, 11) is 2.13. The van der Waals surface area contributed by atoms with E-state index in [1.807, 2.05) is 24.3 Å². The smallest absolute Gasteiger partial charge is 0.119 e. The Bertz CT molecular complexity index is 392. The predicted octanol–water partition coefficient (Wildman–Crippen LogP) is 2.68. The number of ether oxygens (including phenoxy) is 1. The van der Waals surface area contributed by atoms with Crippen LogP contribution in [0.3, 0.4) is 0 Å². The minimum Gasteiger partial charge on any atom is -0.492 e. The number of nitrogens with two attached hydrogens (primary N) is 1. The van der Waals surface area contributed by atoms with E-state index in [1.54, 1.807) is 0 Å². The van der Waals surface area contributed by atoms with Gasteiger partial charge in [-0.3, -0.25) is 0 Å². The molecule has 0 aliphatic carbocycles. The first-order valence-corrected chi connectivity index (χ1v) is 7.15. The summed E-state index contributed by atoms with van der Waals surface area (Å²) in [4.78, 5) is 2.72. The van der Waals surface area contributed by atoms with E-state index in [2.05, 4.69) is 25.8 Å². The number of thiocarbonyl (C=S) groups is 1. The van der Waals surface area contributed by atoms with Crippen LogP contribution in [-0.2, 0) is 0 Å². The van der Waals surface area contributed by atoms with Crippen molar-refractivity contribution in [2.45, 2.75) is 20.3 Å². The van der Waals surface area contributed by atoms with Crippen molar-refractivity contribution in [2.75, 3.05) is 26.7 Å². The van der Waals surface area contributed by atoms with Crippen LogP contribution in [0.15, 0.2) is 24.3 Å². The number of hydrogen-bond donors (Lipinski definition) is 1. The van der Waals surface area contributed by atoms with Crippen molar-refractivity contribution in [3.63, 3.8) is 0 Å². The Morgan fingerprint density at radius 2 is 2.00 bits per heavy atom. The molecule has 0 saturated carbocycles. The average Bonchev–Trinajstić information content (AvgIpc) is 2.39. The van der Waals surface area contributed by atoms with Crippen molar-refractivity contribution in [1.29, 1.82) is 0 Å². The fourth-order valence-corrected chi connectivity index (χ4v) is 1.92. The number of nitrogens with zero attached hydrogens (tertiary/aromatic N) is 1. The summed E-state index contributed by atoms with van der Waals surface area (Å²) in [5.74, 6) is 1.59. The van der Waals surface area contributed by atoms with E-state index in [1.165, 1.54) is 6.42 Å². The molecule has 0 amide bonds. The molecular weight excluding hydrogens is 256 g/mol. The monoisotopic (exact) mass is 280 g/mol. The minimum atomic E-state index is 0.417. The van der Waals surface area contributed by atoms with Gasteiger partial charge in [0.1, 0.15) is 17.3 Å². The predicted molar refractivity (Wildman–Crippen MR) is 84.8 cm³/mol. The van der Waals surface area contributed by atoms with Crippen LogP contribution in [0.25, 0.3) is 0 Å². The molecule has 0 fully saturated rings. The third-order valence-corrected chi connectivity index (χ3v) is 3.44. The lowest BCUT2D eigenvalue weighted by molar-refractivity contribution is 0.217. The van der Waals surface area contributed by atoms with Gasteiger partial charge < -0.3 is 15.4 Å². The number of benzene rings is 1. The lowest BCUT2D eigenvalue weighted by Crippen LogP contribution is -2.28. The molecule has 4 heteroatoms. The van der Waals surface area contributed by atoms with Gasteiger partial charge in [0, 0.05) is 18.7 Å². The van der Waals surface area contributed by atoms with Crippen LogP contribution in [0.4, 0.5) is 0 Å². The van der Waals surface area contributed by atoms with E-state index in [0.29, 0.717) is 11.6 Å². The second-order valence-electron chi connectivity index (χ2n) is 5.01. The van der Waals surface area contributed by atoms with E-state index in [-0.39, 0.29) is 0 Å². The highest BCUT2D eigenvalue weighted by Gasteiger charge is 2.04. The van der Waals surface area contributed by atoms with Crippen LogP contribution < -0.4 is 10.5 Å². The molecule has 3 nitrogen and oxygen atoms in total. The second kappa shape index (κ2) is 8.12. The van der Waals surface area contributed by atoms with Crippen molar-refractivity contribution in [3.05, 3.63) is 29.8 Å². The fourth-order valence-electron chi connectivity index (χ4n) is 1.79. The van der Waals surface area contributed by atoms with Crippen LogP contribution in [-0.4, -0.2) is 36.6 Å². The zero-order valence-electron chi connectivity index (χ0n) is 12.1. The van der Waals surface area contributed by atoms with E-state index >= 15 is 0 Å². The van der Waals surface area contributed by atoms with E-state index in [4.69, 9.17) is 22.7 Å². The van der Waals surface area contributed by atoms with Crippen LogP contribution in [0.5, 0.6) is 5.75 Å². The SMILES string of the molecule is CCC(C)CN(C)CCOc1ccc(C(N)=S)cc1. The highest BCUT2D eigenvalue weighted by Crippen LogP contribution is 2.12. The Labute approximate surface area is 121 Å². The summed E-state index contributed by atoms with van der Waals surface area (Å²) in [6.45, 7) is 7.23. The van der Waals surface area contributed by atoms with Gasteiger partial charge in [-0.1, -0.05) is 32.5 Å². The zero-order valence-corrected chi connectivity index (χ0v) is 12.9. The number of rotatable bonds is 8. The second-order valence-corrected chi connectivity index (χ2v) is 5.45. The summed E-state index contributed by atoms with van der Waals surface area (Å²) in [5, 5.41) is 0. The molecule has 106 valence electrons. The Balaban J connectivity index is 2.31. The summed E-state index contributed by atoms with van der Waals surface area (Å²) in [6, 6.07) is 7.59. The third-order valence-electron chi connectivity index (χ3n) is 3.20. The molecule has 0 heterocycles. The highest BCUT2D eigenvalue weighted by molar-refractivity contribution is 7.80. The van der Waals surface area contributed by atoms with Crippen molar-refractivity contribution in [1.82, 2.24) is 4.90 Å². The lowest BCUT2D eigenvalue weighted by atomic mass is 10.1. The Kier molecular flexibility index (Phi) is 6.81. The molecule has 1 unspecified atom stereocenters. The number of likely N-dealkylation sites (N-methyl/N-ethyl adjacent to an activating group) is 1. The Morgan fingerprint density at radius 1 is 1.37 bits per heavy atom. The Morgan fingerprint density at radius 3 is 2.53 bits per heavy atom. The quantitative estimate of drug-likeness (QED) is 0.743. The van der Waals surface area contributed by atoms with Gasteiger partial charge in [-0.15, -0.1) is 0 Å². The topological polar surface area (TPSA) is 38.5 Å².